The normalized spacial score (nSPS) is 20.9. The summed E-state index contributed by atoms with van der Waals surface area (Å²) < 4.78 is 5.70. The number of rotatable bonds is 8. The van der Waals surface area contributed by atoms with E-state index in [4.69, 9.17) is 9.40 Å². The van der Waals surface area contributed by atoms with Crippen LogP contribution in [0, 0.1) is 0 Å². The van der Waals surface area contributed by atoms with Gasteiger partial charge in [0, 0.05) is 36.2 Å². The first-order valence-electron chi connectivity index (χ1n) is 18.3. The number of quaternary nitrogens is 1. The van der Waals surface area contributed by atoms with E-state index in [-0.39, 0.29) is 18.0 Å². The standard InChI is InChI=1S/C42H40N6O6/c1-26-10-9-23-48(26,41(52)37(50)28-13-6-3-7-14-28)42(53)44-31-19-16-29(17-20-31)39-43-25-35(54-39)30-18-21-32-33(24-30)46-38(45-32)34-15-8-22-47(34)40(51)36(49)27-11-4-2-5-12-27/h2-7,11-14,16-21,24-26,34,36-37,49-50H,8-10,15,22-23H2,1H3,(H-,43,44,45,46,53)/p+1/t26-,34+,36-,37-,48?/m1/s1. The van der Waals surface area contributed by atoms with Gasteiger partial charge in [0.2, 0.25) is 5.89 Å². The minimum absolute atomic E-state index is 0.274. The fourth-order valence-electron chi connectivity index (χ4n) is 7.85. The van der Waals surface area contributed by atoms with E-state index >= 15 is 0 Å². The van der Waals surface area contributed by atoms with Crippen LogP contribution in [0.4, 0.5) is 10.5 Å². The smallest absolute Gasteiger partial charge is 0.428 e. The molecule has 0 saturated carbocycles. The maximum Gasteiger partial charge on any atom is 0.428 e. The Morgan fingerprint density at radius 3 is 2.24 bits per heavy atom. The van der Waals surface area contributed by atoms with Gasteiger partial charge in [-0.25, -0.2) is 19.6 Å². The summed E-state index contributed by atoms with van der Waals surface area (Å²) in [4.78, 5) is 55.2. The maximum absolute atomic E-state index is 13.8. The molecule has 1 unspecified atom stereocenters. The number of benzene rings is 4. The molecule has 2 fully saturated rings. The van der Waals surface area contributed by atoms with Crippen molar-refractivity contribution in [3.05, 3.63) is 126 Å². The summed E-state index contributed by atoms with van der Waals surface area (Å²) in [7, 11) is 0. The number of hydrogen-bond donors (Lipinski definition) is 4. The fraction of sp³-hybridized carbons (Fsp3) is 0.262. The van der Waals surface area contributed by atoms with E-state index < -0.39 is 28.6 Å². The second kappa shape index (κ2) is 14.5. The number of carbonyl (C=O) groups excluding carboxylic acids is 3. The van der Waals surface area contributed by atoms with Gasteiger partial charge in [-0.3, -0.25) is 10.1 Å². The molecular weight excluding hydrogens is 684 g/mol. The third-order valence-electron chi connectivity index (χ3n) is 10.9. The second-order valence-corrected chi connectivity index (χ2v) is 14.1. The van der Waals surface area contributed by atoms with Crippen molar-refractivity contribution in [2.45, 2.75) is 56.9 Å². The van der Waals surface area contributed by atoms with Gasteiger partial charge in [-0.2, -0.15) is 4.48 Å². The molecule has 0 bridgehead atoms. The van der Waals surface area contributed by atoms with Crippen LogP contribution in [0.25, 0.3) is 33.8 Å². The Bertz CT molecular complexity index is 2310. The van der Waals surface area contributed by atoms with Crippen molar-refractivity contribution >= 4 is 34.6 Å². The molecule has 5 atom stereocenters. The number of likely N-dealkylation sites (tertiary alicyclic amines) is 2. The minimum atomic E-state index is -1.41. The number of aromatic amines is 1. The van der Waals surface area contributed by atoms with Crippen LogP contribution < -0.4 is 5.32 Å². The number of H-pyrrole nitrogens is 1. The van der Waals surface area contributed by atoms with Crippen LogP contribution in [0.2, 0.25) is 0 Å². The largest absolute Gasteiger partial charge is 0.436 e. The molecule has 4 amide bonds. The van der Waals surface area contributed by atoms with Crippen molar-refractivity contribution in [2.75, 3.05) is 18.4 Å². The second-order valence-electron chi connectivity index (χ2n) is 14.1. The minimum Gasteiger partial charge on any atom is -0.436 e. The number of nitrogens with one attached hydrogen (secondary N) is 2. The van der Waals surface area contributed by atoms with E-state index in [0.29, 0.717) is 65.8 Å². The quantitative estimate of drug-likeness (QED) is 0.121. The number of hydrogen-bond acceptors (Lipinski definition) is 8. The number of imide groups is 1. The lowest BCUT2D eigenvalue weighted by molar-refractivity contribution is -0.784. The molecule has 6 aromatic rings. The van der Waals surface area contributed by atoms with Crippen molar-refractivity contribution in [2.24, 2.45) is 0 Å². The van der Waals surface area contributed by atoms with Gasteiger partial charge in [-0.05, 0) is 73.4 Å². The van der Waals surface area contributed by atoms with Gasteiger partial charge in [0.25, 0.3) is 5.91 Å². The topological polar surface area (TPSA) is 162 Å². The van der Waals surface area contributed by atoms with E-state index in [1.807, 2.05) is 37.3 Å². The molecule has 8 rings (SSSR count). The molecule has 4 heterocycles. The number of aliphatic hydroxyl groups is 2. The van der Waals surface area contributed by atoms with Gasteiger partial charge in [0.05, 0.1) is 29.8 Å². The molecule has 4 N–H and O–H groups in total. The number of carbonyl (C=O) groups is 3. The summed E-state index contributed by atoms with van der Waals surface area (Å²) >= 11 is 0. The van der Waals surface area contributed by atoms with E-state index in [1.54, 1.807) is 83.9 Å². The number of fused-ring (bicyclic) bond motifs is 1. The van der Waals surface area contributed by atoms with Crippen LogP contribution in [0.1, 0.15) is 67.8 Å². The zero-order valence-corrected chi connectivity index (χ0v) is 29.8. The van der Waals surface area contributed by atoms with Gasteiger partial charge in [-0.15, -0.1) is 0 Å². The van der Waals surface area contributed by atoms with Crippen LogP contribution in [0.15, 0.2) is 114 Å². The zero-order chi connectivity index (χ0) is 37.4. The van der Waals surface area contributed by atoms with Gasteiger partial charge in [-0.1, -0.05) is 60.7 Å². The molecule has 274 valence electrons. The first-order valence-corrected chi connectivity index (χ1v) is 18.3. The van der Waals surface area contributed by atoms with Gasteiger partial charge in [0.1, 0.15) is 11.9 Å². The lowest BCUT2D eigenvalue weighted by Gasteiger charge is -2.34. The molecule has 0 aliphatic carbocycles. The predicted octanol–water partition coefficient (Wildman–Crippen LogP) is 7.07. The summed E-state index contributed by atoms with van der Waals surface area (Å²) in [6.07, 6.45) is 1.94. The third-order valence-corrected chi connectivity index (χ3v) is 10.9. The average molecular weight is 726 g/mol. The summed E-state index contributed by atoms with van der Waals surface area (Å²) in [6, 6.07) is 29.4. The molecular formula is C42H41N6O6+. The average Bonchev–Trinajstić information content (AvgIpc) is 4.04. The van der Waals surface area contributed by atoms with Crippen molar-refractivity contribution in [1.29, 1.82) is 0 Å². The van der Waals surface area contributed by atoms with Gasteiger partial charge >= 0.3 is 11.9 Å². The van der Waals surface area contributed by atoms with Gasteiger partial charge < -0.3 is 24.5 Å². The predicted molar refractivity (Wildman–Crippen MR) is 201 cm³/mol. The van der Waals surface area contributed by atoms with Crippen LogP contribution in [0.3, 0.4) is 0 Å². The first kappa shape index (κ1) is 35.1. The highest BCUT2D eigenvalue weighted by atomic mass is 16.4. The van der Waals surface area contributed by atoms with Crippen LogP contribution in [0.5, 0.6) is 0 Å². The number of oxazole rings is 1. The number of imidazole rings is 1. The molecule has 2 saturated heterocycles. The first-order chi connectivity index (χ1) is 26.2. The highest BCUT2D eigenvalue weighted by molar-refractivity contribution is 5.94. The molecule has 0 spiro atoms. The Balaban J connectivity index is 0.960. The van der Waals surface area contributed by atoms with Crippen molar-refractivity contribution in [3.63, 3.8) is 0 Å². The lowest BCUT2D eigenvalue weighted by Crippen LogP contribution is -2.62. The molecule has 12 heteroatoms. The Morgan fingerprint density at radius 2 is 1.56 bits per heavy atom. The summed E-state index contributed by atoms with van der Waals surface area (Å²) in [6.45, 7) is 2.73. The number of nitrogens with zero attached hydrogens (tertiary/aromatic N) is 4. The number of aromatic nitrogens is 3. The van der Waals surface area contributed by atoms with Crippen LogP contribution in [-0.2, 0) is 9.59 Å². The number of anilines is 1. The third kappa shape index (κ3) is 6.38. The monoisotopic (exact) mass is 725 g/mol. The molecule has 0 radical (unpaired) electrons. The molecule has 4 aromatic carbocycles. The van der Waals surface area contributed by atoms with E-state index in [1.165, 1.54) is 0 Å². The lowest BCUT2D eigenvalue weighted by atomic mass is 10.1. The molecule has 2 aromatic heterocycles. The van der Waals surface area contributed by atoms with Crippen molar-refractivity contribution in [1.82, 2.24) is 19.9 Å². The number of aliphatic hydroxyl groups excluding tert-OH is 2. The summed E-state index contributed by atoms with van der Waals surface area (Å²) in [5, 5.41) is 24.7. The van der Waals surface area contributed by atoms with Gasteiger partial charge in [0.15, 0.2) is 18.0 Å². The molecule has 2 aliphatic rings. The van der Waals surface area contributed by atoms with Crippen molar-refractivity contribution in [3.8, 4) is 22.8 Å². The Labute approximate surface area is 311 Å². The van der Waals surface area contributed by atoms with E-state index in [2.05, 4.69) is 15.3 Å². The molecule has 2 aliphatic heterocycles. The van der Waals surface area contributed by atoms with Crippen LogP contribution in [-0.4, -0.2) is 71.5 Å². The molecule has 12 nitrogen and oxygen atoms in total. The van der Waals surface area contributed by atoms with Crippen LogP contribution >= 0.6 is 0 Å². The van der Waals surface area contributed by atoms with E-state index in [0.717, 1.165) is 29.4 Å². The summed E-state index contributed by atoms with van der Waals surface area (Å²) in [5.41, 5.74) is 4.54. The summed E-state index contributed by atoms with van der Waals surface area (Å²) in [5.74, 6) is 0.737. The Morgan fingerprint density at radius 1 is 0.870 bits per heavy atom. The molecule has 54 heavy (non-hydrogen) atoms. The number of amides is 4. The number of urea groups is 1. The maximum atomic E-state index is 13.8. The Hall–Kier alpha value is -5.95. The van der Waals surface area contributed by atoms with Crippen molar-refractivity contribution < 1.29 is 33.5 Å². The Kier molecular flexibility index (Phi) is 9.40. The highest BCUT2D eigenvalue weighted by Gasteiger charge is 2.55. The fourth-order valence-corrected chi connectivity index (χ4v) is 7.85. The SMILES string of the molecule is C[C@@H]1CCC[N+]1(C(=O)Nc1ccc(-c2ncc(-c3ccc4nc([C@@H]5CCCN5C(=O)[C@H](O)c5ccccc5)[nH]c4c3)o2)cc1)C(=O)[C@H](O)c1ccccc1. The highest BCUT2D eigenvalue weighted by Crippen LogP contribution is 2.36. The zero-order valence-electron chi connectivity index (χ0n) is 29.8. The van der Waals surface area contributed by atoms with E-state index in [9.17, 15) is 24.6 Å².